The standard InChI is InChI=1S/C20H15N3O5S2/c1-2-26-11-5-3-10(4-6-11)21-19(25)16-17-22-18(24)12-7-14-15(28-9-27-14)8-13(12)23(17)20(29)30-16/h3-8H,2,9H2,1H3,(H,21,25)(H,22,24). The van der Waals surface area contributed by atoms with Crippen LogP contribution < -0.4 is 25.1 Å². The molecule has 2 aromatic heterocycles. The molecule has 5 rings (SSSR count). The number of nitrogens with one attached hydrogen (secondary N) is 2. The van der Waals surface area contributed by atoms with Gasteiger partial charge in [-0.1, -0.05) is 11.3 Å². The van der Waals surface area contributed by atoms with Gasteiger partial charge < -0.3 is 24.5 Å². The van der Waals surface area contributed by atoms with E-state index in [0.717, 1.165) is 17.1 Å². The zero-order valence-electron chi connectivity index (χ0n) is 15.7. The van der Waals surface area contributed by atoms with Crippen molar-refractivity contribution in [1.82, 2.24) is 9.38 Å². The van der Waals surface area contributed by atoms with E-state index in [2.05, 4.69) is 10.3 Å². The molecule has 30 heavy (non-hydrogen) atoms. The normalized spacial score (nSPS) is 12.4. The van der Waals surface area contributed by atoms with Gasteiger partial charge in [-0.2, -0.15) is 0 Å². The number of carbonyl (C=O) groups excluding carboxylic acids is 1. The van der Waals surface area contributed by atoms with E-state index in [1.54, 1.807) is 40.8 Å². The minimum Gasteiger partial charge on any atom is -0.494 e. The van der Waals surface area contributed by atoms with Gasteiger partial charge in [0.15, 0.2) is 15.5 Å². The molecule has 0 spiro atoms. The van der Waals surface area contributed by atoms with Crippen molar-refractivity contribution in [3.8, 4) is 17.2 Å². The zero-order valence-corrected chi connectivity index (χ0v) is 17.3. The maximum absolute atomic E-state index is 12.9. The summed E-state index contributed by atoms with van der Waals surface area (Å²) in [6.07, 6.45) is 0. The second kappa shape index (κ2) is 7.15. The summed E-state index contributed by atoms with van der Waals surface area (Å²) < 4.78 is 18.3. The Morgan fingerprint density at radius 1 is 1.27 bits per heavy atom. The van der Waals surface area contributed by atoms with Crippen LogP contribution in [0.1, 0.15) is 16.6 Å². The average molecular weight is 441 g/mol. The molecule has 0 radical (unpaired) electrons. The number of aromatic nitrogens is 2. The monoisotopic (exact) mass is 441 g/mol. The summed E-state index contributed by atoms with van der Waals surface area (Å²) in [6.45, 7) is 2.56. The van der Waals surface area contributed by atoms with E-state index >= 15 is 0 Å². The van der Waals surface area contributed by atoms with E-state index in [-0.39, 0.29) is 18.3 Å². The lowest BCUT2D eigenvalue weighted by Crippen LogP contribution is -2.15. The maximum atomic E-state index is 12.9. The Labute approximate surface area is 178 Å². The molecule has 152 valence electrons. The van der Waals surface area contributed by atoms with Crippen LogP contribution in [0.4, 0.5) is 5.69 Å². The van der Waals surface area contributed by atoms with Crippen molar-refractivity contribution in [1.29, 1.82) is 0 Å². The lowest BCUT2D eigenvalue weighted by Gasteiger charge is -2.07. The summed E-state index contributed by atoms with van der Waals surface area (Å²) in [5.74, 6) is 1.38. The molecule has 2 aromatic carbocycles. The van der Waals surface area contributed by atoms with Crippen molar-refractivity contribution in [2.45, 2.75) is 6.92 Å². The highest BCUT2D eigenvalue weighted by Crippen LogP contribution is 2.36. The summed E-state index contributed by atoms with van der Waals surface area (Å²) in [7, 11) is 0. The predicted molar refractivity (Wildman–Crippen MR) is 116 cm³/mol. The molecule has 2 N–H and O–H groups in total. The van der Waals surface area contributed by atoms with E-state index in [0.29, 0.717) is 49.2 Å². The third-order valence-electron chi connectivity index (χ3n) is 4.65. The Kier molecular flexibility index (Phi) is 4.44. The fraction of sp³-hybridized carbons (Fsp3) is 0.150. The SMILES string of the molecule is CCOc1ccc(NC(=O)c2sc(=S)n3c2[nH]c(=O)c2cc4c(cc23)OCO4)cc1. The predicted octanol–water partition coefficient (Wildman–Crippen LogP) is 3.95. The quantitative estimate of drug-likeness (QED) is 0.466. The molecular formula is C20H15N3O5S2. The Morgan fingerprint density at radius 3 is 2.73 bits per heavy atom. The van der Waals surface area contributed by atoms with Gasteiger partial charge in [-0.15, -0.1) is 0 Å². The van der Waals surface area contributed by atoms with Gasteiger partial charge in [-0.05, 0) is 49.5 Å². The van der Waals surface area contributed by atoms with Crippen LogP contribution in [-0.2, 0) is 0 Å². The number of anilines is 1. The number of hydrogen-bond acceptors (Lipinski definition) is 7. The minimum absolute atomic E-state index is 0.0947. The van der Waals surface area contributed by atoms with Gasteiger partial charge in [0, 0.05) is 11.8 Å². The first-order chi connectivity index (χ1) is 14.5. The van der Waals surface area contributed by atoms with E-state index in [1.165, 1.54) is 0 Å². The molecule has 1 aliphatic heterocycles. The number of benzene rings is 2. The lowest BCUT2D eigenvalue weighted by molar-refractivity contribution is 0.103. The van der Waals surface area contributed by atoms with Crippen LogP contribution in [0.3, 0.4) is 0 Å². The van der Waals surface area contributed by atoms with Crippen molar-refractivity contribution < 1.29 is 19.0 Å². The summed E-state index contributed by atoms with van der Waals surface area (Å²) >= 11 is 6.62. The lowest BCUT2D eigenvalue weighted by atomic mass is 10.2. The van der Waals surface area contributed by atoms with E-state index in [1.807, 2.05) is 6.92 Å². The number of thiazole rings is 1. The zero-order chi connectivity index (χ0) is 20.8. The topological polar surface area (TPSA) is 94.1 Å². The first-order valence-electron chi connectivity index (χ1n) is 9.10. The molecule has 0 saturated heterocycles. The van der Waals surface area contributed by atoms with Gasteiger partial charge in [0.25, 0.3) is 11.5 Å². The van der Waals surface area contributed by atoms with Gasteiger partial charge in [0.2, 0.25) is 6.79 Å². The van der Waals surface area contributed by atoms with Crippen LogP contribution in [0, 0.1) is 3.95 Å². The van der Waals surface area contributed by atoms with Crippen molar-refractivity contribution in [2.24, 2.45) is 0 Å². The van der Waals surface area contributed by atoms with Gasteiger partial charge in [-0.25, -0.2) is 0 Å². The van der Waals surface area contributed by atoms with Crippen LogP contribution in [0.5, 0.6) is 17.2 Å². The molecule has 0 unspecified atom stereocenters. The number of amides is 1. The molecule has 8 nitrogen and oxygen atoms in total. The van der Waals surface area contributed by atoms with Crippen LogP contribution in [-0.4, -0.2) is 28.7 Å². The Balaban J connectivity index is 1.59. The Bertz CT molecular complexity index is 1420. The highest BCUT2D eigenvalue weighted by Gasteiger charge is 2.21. The molecule has 1 amide bonds. The van der Waals surface area contributed by atoms with Gasteiger partial charge >= 0.3 is 0 Å². The number of aromatic amines is 1. The average Bonchev–Trinajstić information content (AvgIpc) is 3.32. The number of ether oxygens (including phenoxy) is 3. The number of rotatable bonds is 4. The second-order valence-electron chi connectivity index (χ2n) is 6.47. The van der Waals surface area contributed by atoms with Crippen molar-refractivity contribution >= 4 is 51.7 Å². The van der Waals surface area contributed by atoms with Gasteiger partial charge in [-0.3, -0.25) is 14.0 Å². The summed E-state index contributed by atoms with van der Waals surface area (Å²) in [5, 5.41) is 3.23. The van der Waals surface area contributed by atoms with Crippen LogP contribution in [0.15, 0.2) is 41.2 Å². The van der Waals surface area contributed by atoms with Crippen LogP contribution >= 0.6 is 23.6 Å². The third kappa shape index (κ3) is 3.01. The molecule has 0 fully saturated rings. The summed E-state index contributed by atoms with van der Waals surface area (Å²) in [6, 6.07) is 10.4. The van der Waals surface area contributed by atoms with Crippen LogP contribution in [0.2, 0.25) is 0 Å². The van der Waals surface area contributed by atoms with Crippen molar-refractivity contribution in [2.75, 3.05) is 18.7 Å². The minimum atomic E-state index is -0.367. The molecule has 0 saturated carbocycles. The molecule has 0 aliphatic carbocycles. The van der Waals surface area contributed by atoms with Crippen molar-refractivity contribution in [3.05, 3.63) is 55.6 Å². The Morgan fingerprint density at radius 2 is 2.00 bits per heavy atom. The molecule has 3 heterocycles. The Hall–Kier alpha value is -3.37. The smallest absolute Gasteiger partial charge is 0.269 e. The summed E-state index contributed by atoms with van der Waals surface area (Å²) in [5.41, 5.74) is 1.16. The first-order valence-corrected chi connectivity index (χ1v) is 10.3. The fourth-order valence-corrected chi connectivity index (χ4v) is 4.60. The highest BCUT2D eigenvalue weighted by atomic mass is 32.1. The summed E-state index contributed by atoms with van der Waals surface area (Å²) in [4.78, 5) is 28.7. The van der Waals surface area contributed by atoms with E-state index in [9.17, 15) is 9.59 Å². The number of H-pyrrole nitrogens is 1. The first kappa shape index (κ1) is 18.6. The largest absolute Gasteiger partial charge is 0.494 e. The molecule has 1 aliphatic rings. The second-order valence-corrected chi connectivity index (χ2v) is 8.11. The number of carbonyl (C=O) groups is 1. The van der Waals surface area contributed by atoms with Crippen molar-refractivity contribution in [3.63, 3.8) is 0 Å². The van der Waals surface area contributed by atoms with Gasteiger partial charge in [0.05, 0.1) is 17.5 Å². The van der Waals surface area contributed by atoms with Crippen LogP contribution in [0.25, 0.3) is 16.6 Å². The van der Waals surface area contributed by atoms with E-state index < -0.39 is 0 Å². The molecule has 0 bridgehead atoms. The molecule has 4 aromatic rings. The molecule has 10 heteroatoms. The fourth-order valence-electron chi connectivity index (χ4n) is 3.32. The number of hydrogen-bond donors (Lipinski definition) is 2. The van der Waals surface area contributed by atoms with E-state index in [4.69, 9.17) is 26.4 Å². The highest BCUT2D eigenvalue weighted by molar-refractivity contribution is 7.73. The number of nitrogens with zero attached hydrogens (tertiary/aromatic N) is 1. The third-order valence-corrected chi connectivity index (χ3v) is 6.02. The maximum Gasteiger partial charge on any atom is 0.269 e. The number of fused-ring (bicyclic) bond motifs is 4. The molecule has 0 atom stereocenters. The van der Waals surface area contributed by atoms with Gasteiger partial charge in [0.1, 0.15) is 16.3 Å². The molecular weight excluding hydrogens is 426 g/mol.